The number of carbonyl (C=O) groups is 3. The van der Waals surface area contributed by atoms with Crippen LogP contribution < -0.4 is 0 Å². The van der Waals surface area contributed by atoms with Crippen LogP contribution in [-0.4, -0.2) is 43.6 Å². The van der Waals surface area contributed by atoms with Crippen LogP contribution in [0.1, 0.15) is 13.3 Å². The van der Waals surface area contributed by atoms with E-state index in [1.54, 1.807) is 13.0 Å². The SMILES string of the molecule is CCOC(=O)CC1(C(=O)OC)C=CC(Br)C(C(=O)OC)=C1. The Morgan fingerprint density at radius 1 is 1.29 bits per heavy atom. The van der Waals surface area contributed by atoms with Crippen molar-refractivity contribution in [3.8, 4) is 0 Å². The van der Waals surface area contributed by atoms with Gasteiger partial charge in [-0.3, -0.25) is 9.59 Å². The van der Waals surface area contributed by atoms with Crippen molar-refractivity contribution in [1.82, 2.24) is 0 Å². The molecule has 0 N–H and O–H groups in total. The fourth-order valence-electron chi connectivity index (χ4n) is 2.00. The minimum absolute atomic E-state index is 0.203. The molecule has 1 aliphatic rings. The van der Waals surface area contributed by atoms with Gasteiger partial charge in [0.15, 0.2) is 0 Å². The zero-order chi connectivity index (χ0) is 16.0. The highest BCUT2D eigenvalue weighted by molar-refractivity contribution is 9.09. The molecule has 0 aromatic rings. The van der Waals surface area contributed by atoms with Crippen LogP contribution in [0.25, 0.3) is 0 Å². The topological polar surface area (TPSA) is 78.9 Å². The van der Waals surface area contributed by atoms with Gasteiger partial charge in [0.2, 0.25) is 0 Å². The van der Waals surface area contributed by atoms with Crippen molar-refractivity contribution >= 4 is 33.8 Å². The van der Waals surface area contributed by atoms with Crippen molar-refractivity contribution in [2.24, 2.45) is 5.41 Å². The molecule has 6 nitrogen and oxygen atoms in total. The first kappa shape index (κ1) is 17.4. The van der Waals surface area contributed by atoms with E-state index < -0.39 is 28.2 Å². The summed E-state index contributed by atoms with van der Waals surface area (Å²) >= 11 is 3.29. The van der Waals surface area contributed by atoms with Crippen molar-refractivity contribution in [1.29, 1.82) is 0 Å². The van der Waals surface area contributed by atoms with Crippen molar-refractivity contribution in [2.45, 2.75) is 18.2 Å². The summed E-state index contributed by atoms with van der Waals surface area (Å²) < 4.78 is 14.3. The van der Waals surface area contributed by atoms with Crippen LogP contribution in [0.3, 0.4) is 0 Å². The van der Waals surface area contributed by atoms with Gasteiger partial charge >= 0.3 is 17.9 Å². The van der Waals surface area contributed by atoms with Gasteiger partial charge in [0.1, 0.15) is 5.41 Å². The normalized spacial score (nSPS) is 24.0. The number of ether oxygens (including phenoxy) is 3. The molecule has 21 heavy (non-hydrogen) atoms. The largest absolute Gasteiger partial charge is 0.468 e. The molecule has 0 bridgehead atoms. The lowest BCUT2D eigenvalue weighted by atomic mass is 9.78. The Bertz CT molecular complexity index is 496. The molecule has 0 aliphatic heterocycles. The lowest BCUT2D eigenvalue weighted by Gasteiger charge is -2.28. The first-order valence-corrected chi connectivity index (χ1v) is 7.20. The maximum atomic E-state index is 12.1. The van der Waals surface area contributed by atoms with Crippen molar-refractivity contribution in [3.05, 3.63) is 23.8 Å². The number of hydrogen-bond donors (Lipinski definition) is 0. The lowest BCUT2D eigenvalue weighted by Crippen LogP contribution is -2.35. The fraction of sp³-hybridized carbons (Fsp3) is 0.500. The molecule has 0 heterocycles. The fourth-order valence-corrected chi connectivity index (χ4v) is 2.48. The van der Waals surface area contributed by atoms with Crippen LogP contribution in [-0.2, 0) is 28.6 Å². The highest BCUT2D eigenvalue weighted by Crippen LogP contribution is 2.36. The Morgan fingerprint density at radius 2 is 1.95 bits per heavy atom. The number of rotatable bonds is 5. The van der Waals surface area contributed by atoms with E-state index >= 15 is 0 Å². The van der Waals surface area contributed by atoms with E-state index in [-0.39, 0.29) is 18.6 Å². The number of esters is 3. The van der Waals surface area contributed by atoms with Crippen LogP contribution in [0, 0.1) is 5.41 Å². The van der Waals surface area contributed by atoms with Gasteiger partial charge in [-0.15, -0.1) is 0 Å². The van der Waals surface area contributed by atoms with Gasteiger partial charge in [-0.2, -0.15) is 0 Å². The van der Waals surface area contributed by atoms with Crippen molar-refractivity contribution in [3.63, 3.8) is 0 Å². The first-order valence-electron chi connectivity index (χ1n) is 6.28. The average molecular weight is 361 g/mol. The Hall–Kier alpha value is -1.63. The van der Waals surface area contributed by atoms with E-state index in [0.29, 0.717) is 0 Å². The van der Waals surface area contributed by atoms with Gasteiger partial charge in [-0.1, -0.05) is 34.2 Å². The van der Waals surface area contributed by atoms with E-state index in [4.69, 9.17) is 9.47 Å². The summed E-state index contributed by atoms with van der Waals surface area (Å²) in [7, 11) is 2.46. The summed E-state index contributed by atoms with van der Waals surface area (Å²) in [6, 6.07) is 0. The maximum absolute atomic E-state index is 12.1. The number of allylic oxidation sites excluding steroid dienone is 1. The Balaban J connectivity index is 3.21. The molecule has 0 fully saturated rings. The van der Waals surface area contributed by atoms with Gasteiger partial charge in [-0.25, -0.2) is 4.79 Å². The van der Waals surface area contributed by atoms with Crippen LogP contribution >= 0.6 is 15.9 Å². The van der Waals surface area contributed by atoms with Crippen molar-refractivity contribution in [2.75, 3.05) is 20.8 Å². The summed E-state index contributed by atoms with van der Waals surface area (Å²) in [4.78, 5) is 35.2. The Kier molecular flexibility index (Phi) is 6.14. The molecule has 0 aromatic heterocycles. The van der Waals surface area contributed by atoms with Crippen LogP contribution in [0.2, 0.25) is 0 Å². The van der Waals surface area contributed by atoms with E-state index in [1.165, 1.54) is 26.4 Å². The van der Waals surface area contributed by atoms with E-state index in [2.05, 4.69) is 20.7 Å². The predicted molar refractivity (Wildman–Crippen MR) is 77.7 cm³/mol. The second-order valence-corrected chi connectivity index (χ2v) is 5.35. The Labute approximate surface area is 131 Å². The monoisotopic (exact) mass is 360 g/mol. The third-order valence-electron chi connectivity index (χ3n) is 3.00. The first-order chi connectivity index (χ1) is 9.90. The van der Waals surface area contributed by atoms with Crippen LogP contribution in [0.4, 0.5) is 0 Å². The maximum Gasteiger partial charge on any atom is 0.334 e. The quantitative estimate of drug-likeness (QED) is 0.320. The molecule has 0 aromatic carbocycles. The standard InChI is InChI=1S/C14H17BrO6/c1-4-21-11(16)8-14(13(18)20-3)6-5-10(15)9(7-14)12(17)19-2/h5-7,10H,4,8H2,1-3H3. The van der Waals surface area contributed by atoms with Gasteiger partial charge in [0.05, 0.1) is 37.6 Å². The zero-order valence-electron chi connectivity index (χ0n) is 12.1. The summed E-state index contributed by atoms with van der Waals surface area (Å²) in [6.07, 6.45) is 4.27. The van der Waals surface area contributed by atoms with Gasteiger partial charge < -0.3 is 14.2 Å². The summed E-state index contributed by atoms with van der Waals surface area (Å²) in [5.41, 5.74) is -1.14. The molecule has 0 saturated carbocycles. The number of alkyl halides is 1. The minimum atomic E-state index is -1.37. The number of carbonyl (C=O) groups excluding carboxylic acids is 3. The molecule has 7 heteroatoms. The molecular weight excluding hydrogens is 344 g/mol. The second kappa shape index (κ2) is 7.40. The van der Waals surface area contributed by atoms with Crippen molar-refractivity contribution < 1.29 is 28.6 Å². The molecule has 2 unspecified atom stereocenters. The predicted octanol–water partition coefficient (Wildman–Crippen LogP) is 1.53. The Morgan fingerprint density at radius 3 is 2.48 bits per heavy atom. The smallest absolute Gasteiger partial charge is 0.334 e. The molecule has 1 aliphatic carbocycles. The van der Waals surface area contributed by atoms with Gasteiger partial charge in [0, 0.05) is 0 Å². The molecule has 116 valence electrons. The number of halogens is 1. The van der Waals surface area contributed by atoms with E-state index in [1.807, 2.05) is 0 Å². The van der Waals surface area contributed by atoms with E-state index in [0.717, 1.165) is 0 Å². The highest BCUT2D eigenvalue weighted by atomic mass is 79.9. The van der Waals surface area contributed by atoms with Gasteiger partial charge in [0.25, 0.3) is 0 Å². The second-order valence-electron chi connectivity index (χ2n) is 4.37. The molecule has 0 spiro atoms. The number of methoxy groups -OCH3 is 2. The summed E-state index contributed by atoms with van der Waals surface area (Å²) in [5, 5.41) is 0. The zero-order valence-corrected chi connectivity index (χ0v) is 13.6. The third-order valence-corrected chi connectivity index (χ3v) is 3.80. The third kappa shape index (κ3) is 3.93. The van der Waals surface area contributed by atoms with Crippen LogP contribution in [0.5, 0.6) is 0 Å². The highest BCUT2D eigenvalue weighted by Gasteiger charge is 2.42. The lowest BCUT2D eigenvalue weighted by molar-refractivity contribution is -0.155. The molecule has 0 saturated heterocycles. The number of hydrogen-bond acceptors (Lipinski definition) is 6. The molecule has 1 rings (SSSR count). The molecule has 0 amide bonds. The van der Waals surface area contributed by atoms with Crippen LogP contribution in [0.15, 0.2) is 23.8 Å². The minimum Gasteiger partial charge on any atom is -0.468 e. The molecular formula is C14H17BrO6. The van der Waals surface area contributed by atoms with E-state index in [9.17, 15) is 14.4 Å². The summed E-state index contributed by atoms with van der Waals surface area (Å²) in [6.45, 7) is 1.87. The molecule has 2 atom stereocenters. The summed E-state index contributed by atoms with van der Waals surface area (Å²) in [5.74, 6) is -1.79. The van der Waals surface area contributed by atoms with Gasteiger partial charge in [-0.05, 0) is 6.92 Å². The molecule has 0 radical (unpaired) electrons. The average Bonchev–Trinajstić information content (AvgIpc) is 2.47.